The molecule has 1 atom stereocenters. The van der Waals surface area contributed by atoms with Crippen molar-refractivity contribution < 1.29 is 9.53 Å². The number of nitrogens with zero attached hydrogens (tertiary/aromatic N) is 2. The first kappa shape index (κ1) is 15.1. The molecule has 1 aromatic heterocycles. The van der Waals surface area contributed by atoms with E-state index in [9.17, 15) is 4.79 Å². The van der Waals surface area contributed by atoms with Gasteiger partial charge in [-0.1, -0.05) is 11.6 Å². The highest BCUT2D eigenvalue weighted by Crippen LogP contribution is 2.17. The molecule has 0 saturated carbocycles. The number of pyridine rings is 1. The molecule has 1 amide bonds. The lowest BCUT2D eigenvalue weighted by atomic mass is 10.1. The Hall–Kier alpha value is -1.33. The summed E-state index contributed by atoms with van der Waals surface area (Å²) in [5.74, 6) is 0.517. The molecule has 1 aromatic rings. The van der Waals surface area contributed by atoms with E-state index in [-0.39, 0.29) is 12.0 Å². The average molecular weight is 298 g/mol. The van der Waals surface area contributed by atoms with E-state index < -0.39 is 0 Å². The van der Waals surface area contributed by atoms with Gasteiger partial charge in [-0.2, -0.15) is 0 Å². The third-order valence-corrected chi connectivity index (χ3v) is 3.59. The van der Waals surface area contributed by atoms with Crippen LogP contribution in [0.4, 0.5) is 5.82 Å². The van der Waals surface area contributed by atoms with Crippen LogP contribution in [0.15, 0.2) is 12.1 Å². The minimum Gasteiger partial charge on any atom is -0.376 e. The molecule has 2 rings (SSSR count). The molecule has 110 valence electrons. The van der Waals surface area contributed by atoms with Crippen LogP contribution in [0.5, 0.6) is 0 Å². The molecule has 1 saturated heterocycles. The van der Waals surface area contributed by atoms with Crippen LogP contribution in [0.25, 0.3) is 0 Å². The Bertz CT molecular complexity index is 475. The van der Waals surface area contributed by atoms with Gasteiger partial charge in [-0.15, -0.1) is 0 Å². The third-order valence-electron chi connectivity index (χ3n) is 3.40. The van der Waals surface area contributed by atoms with Gasteiger partial charge in [-0.05, 0) is 31.4 Å². The van der Waals surface area contributed by atoms with Crippen molar-refractivity contribution >= 4 is 23.3 Å². The minimum atomic E-state index is -0.0695. The van der Waals surface area contributed by atoms with Gasteiger partial charge >= 0.3 is 0 Å². The summed E-state index contributed by atoms with van der Waals surface area (Å²) in [5, 5.41) is 3.20. The maximum atomic E-state index is 12.4. The number of ether oxygens (including phenoxy) is 1. The Morgan fingerprint density at radius 3 is 3.00 bits per heavy atom. The summed E-state index contributed by atoms with van der Waals surface area (Å²) in [5.41, 5.74) is 0.535. The van der Waals surface area contributed by atoms with Gasteiger partial charge in [0.2, 0.25) is 0 Å². The number of amides is 1. The normalized spacial score (nSPS) is 18.6. The van der Waals surface area contributed by atoms with E-state index in [4.69, 9.17) is 16.3 Å². The number of rotatable bonds is 4. The van der Waals surface area contributed by atoms with Gasteiger partial charge in [0, 0.05) is 32.8 Å². The molecule has 1 N–H and O–H groups in total. The van der Waals surface area contributed by atoms with E-state index in [0.717, 1.165) is 25.9 Å². The lowest BCUT2D eigenvalue weighted by Crippen LogP contribution is -2.37. The van der Waals surface area contributed by atoms with Gasteiger partial charge in [0.25, 0.3) is 5.91 Å². The number of hydrogen-bond acceptors (Lipinski definition) is 4. The van der Waals surface area contributed by atoms with Crippen molar-refractivity contribution in [2.45, 2.75) is 25.4 Å². The molecule has 20 heavy (non-hydrogen) atoms. The predicted molar refractivity (Wildman–Crippen MR) is 79.3 cm³/mol. The molecule has 2 heterocycles. The largest absolute Gasteiger partial charge is 0.376 e. The lowest BCUT2D eigenvalue weighted by Gasteiger charge is -2.27. The van der Waals surface area contributed by atoms with Gasteiger partial charge in [-0.3, -0.25) is 4.79 Å². The van der Waals surface area contributed by atoms with Gasteiger partial charge in [0.15, 0.2) is 0 Å². The second kappa shape index (κ2) is 6.90. The van der Waals surface area contributed by atoms with E-state index >= 15 is 0 Å². The molecule has 0 bridgehead atoms. The monoisotopic (exact) mass is 297 g/mol. The highest BCUT2D eigenvalue weighted by molar-refractivity contribution is 6.29. The average Bonchev–Trinajstić information content (AvgIpc) is 2.46. The van der Waals surface area contributed by atoms with Gasteiger partial charge in [0.1, 0.15) is 11.0 Å². The fourth-order valence-corrected chi connectivity index (χ4v) is 2.52. The van der Waals surface area contributed by atoms with E-state index in [1.165, 1.54) is 0 Å². The van der Waals surface area contributed by atoms with Crippen LogP contribution in [0.3, 0.4) is 0 Å². The zero-order chi connectivity index (χ0) is 14.5. The first-order valence-electron chi connectivity index (χ1n) is 6.82. The van der Waals surface area contributed by atoms with Crippen LogP contribution >= 0.6 is 11.6 Å². The van der Waals surface area contributed by atoms with E-state index in [0.29, 0.717) is 23.1 Å². The second-order valence-electron chi connectivity index (χ2n) is 4.99. The van der Waals surface area contributed by atoms with Crippen LogP contribution in [0.1, 0.15) is 29.6 Å². The van der Waals surface area contributed by atoms with Crippen molar-refractivity contribution in [2.75, 3.05) is 32.6 Å². The molecule has 1 aliphatic heterocycles. The zero-order valence-corrected chi connectivity index (χ0v) is 12.6. The maximum Gasteiger partial charge on any atom is 0.253 e. The molecule has 6 heteroatoms. The highest BCUT2D eigenvalue weighted by atomic mass is 35.5. The van der Waals surface area contributed by atoms with Gasteiger partial charge in [0.05, 0.1) is 6.10 Å². The molecule has 0 aromatic carbocycles. The third kappa shape index (κ3) is 3.84. The topological polar surface area (TPSA) is 54.5 Å². The van der Waals surface area contributed by atoms with Crippen molar-refractivity contribution in [1.82, 2.24) is 9.88 Å². The summed E-state index contributed by atoms with van der Waals surface area (Å²) in [6.07, 6.45) is 3.42. The van der Waals surface area contributed by atoms with E-state index in [1.54, 1.807) is 31.1 Å². The Kier molecular flexibility index (Phi) is 5.20. The van der Waals surface area contributed by atoms with Crippen LogP contribution < -0.4 is 5.32 Å². The van der Waals surface area contributed by atoms with Gasteiger partial charge in [-0.25, -0.2) is 4.98 Å². The Labute approximate surface area is 124 Å². The van der Waals surface area contributed by atoms with E-state index in [2.05, 4.69) is 10.3 Å². The summed E-state index contributed by atoms with van der Waals surface area (Å²) in [6, 6.07) is 3.29. The number of halogens is 1. The Morgan fingerprint density at radius 1 is 1.55 bits per heavy atom. The molecule has 0 aliphatic carbocycles. The number of nitrogens with one attached hydrogen (secondary N) is 1. The standard InChI is InChI=1S/C14H20ClN3O2/c1-16-13-8-10(7-12(15)17-13)14(19)18(2)9-11-5-3-4-6-20-11/h7-8,11H,3-6,9H2,1-2H3,(H,16,17). The number of carbonyl (C=O) groups excluding carboxylic acids is 1. The summed E-state index contributed by atoms with van der Waals surface area (Å²) in [6.45, 7) is 1.39. The summed E-state index contributed by atoms with van der Waals surface area (Å²) in [4.78, 5) is 18.1. The van der Waals surface area contributed by atoms with Crippen molar-refractivity contribution in [3.63, 3.8) is 0 Å². The van der Waals surface area contributed by atoms with Crippen molar-refractivity contribution in [3.05, 3.63) is 22.8 Å². The number of hydrogen-bond donors (Lipinski definition) is 1. The first-order valence-corrected chi connectivity index (χ1v) is 7.20. The summed E-state index contributed by atoms with van der Waals surface area (Å²) < 4.78 is 5.66. The van der Waals surface area contributed by atoms with Crippen LogP contribution in [0.2, 0.25) is 5.15 Å². The fourth-order valence-electron chi connectivity index (χ4n) is 2.31. The van der Waals surface area contributed by atoms with Crippen LogP contribution in [-0.4, -0.2) is 49.1 Å². The smallest absolute Gasteiger partial charge is 0.253 e. The molecule has 1 unspecified atom stereocenters. The highest BCUT2D eigenvalue weighted by Gasteiger charge is 2.20. The van der Waals surface area contributed by atoms with Crippen molar-refractivity contribution in [3.8, 4) is 0 Å². The Morgan fingerprint density at radius 2 is 2.35 bits per heavy atom. The first-order chi connectivity index (χ1) is 9.60. The van der Waals surface area contributed by atoms with Crippen LogP contribution in [-0.2, 0) is 4.74 Å². The molecule has 1 fully saturated rings. The minimum absolute atomic E-state index is 0.0695. The quantitative estimate of drug-likeness (QED) is 0.867. The van der Waals surface area contributed by atoms with Crippen LogP contribution in [0, 0.1) is 0 Å². The number of aromatic nitrogens is 1. The van der Waals surface area contributed by atoms with Crippen molar-refractivity contribution in [2.24, 2.45) is 0 Å². The van der Waals surface area contributed by atoms with Crippen molar-refractivity contribution in [1.29, 1.82) is 0 Å². The summed E-state index contributed by atoms with van der Waals surface area (Å²) >= 11 is 5.92. The lowest BCUT2D eigenvalue weighted by molar-refractivity contribution is -0.000187. The molecule has 0 radical (unpaired) electrons. The number of likely N-dealkylation sites (N-methyl/N-ethyl adjacent to an activating group) is 1. The predicted octanol–water partition coefficient (Wildman–Crippen LogP) is 2.42. The SMILES string of the molecule is CNc1cc(C(=O)N(C)CC2CCCCO2)cc(Cl)n1. The number of anilines is 1. The van der Waals surface area contributed by atoms with E-state index in [1.807, 2.05) is 0 Å². The maximum absolute atomic E-state index is 12.4. The summed E-state index contributed by atoms with van der Waals surface area (Å²) in [7, 11) is 3.53. The Balaban J connectivity index is 2.03. The fraction of sp³-hybridized carbons (Fsp3) is 0.571. The second-order valence-corrected chi connectivity index (χ2v) is 5.38. The number of carbonyl (C=O) groups is 1. The molecule has 1 aliphatic rings. The zero-order valence-electron chi connectivity index (χ0n) is 11.9. The molecule has 0 spiro atoms. The molecular formula is C14H20ClN3O2. The molecule has 5 nitrogen and oxygen atoms in total. The molecular weight excluding hydrogens is 278 g/mol. The van der Waals surface area contributed by atoms with Gasteiger partial charge < -0.3 is 15.0 Å².